The summed E-state index contributed by atoms with van der Waals surface area (Å²) in [5, 5.41) is 4.21. The third kappa shape index (κ3) is 5.44. The summed E-state index contributed by atoms with van der Waals surface area (Å²) in [5.74, 6) is 1.52. The highest BCUT2D eigenvalue weighted by atomic mass is 35.5. The summed E-state index contributed by atoms with van der Waals surface area (Å²) in [4.78, 5) is 12.0. The number of halogens is 1. The normalized spacial score (nSPS) is 15.7. The van der Waals surface area contributed by atoms with Crippen LogP contribution in [0.15, 0.2) is 18.2 Å². The molecule has 1 aromatic carbocycles. The van der Waals surface area contributed by atoms with E-state index in [2.05, 4.69) is 5.32 Å². The molecule has 0 atom stereocenters. The summed E-state index contributed by atoms with van der Waals surface area (Å²) >= 11 is 7.88. The molecule has 1 amide bonds. The van der Waals surface area contributed by atoms with Crippen molar-refractivity contribution in [3.8, 4) is 5.75 Å². The molecule has 0 bridgehead atoms. The summed E-state index contributed by atoms with van der Waals surface area (Å²) < 4.78 is 5.22. The molecule has 1 fully saturated rings. The predicted octanol–water partition coefficient (Wildman–Crippen LogP) is 4.74. The Labute approximate surface area is 135 Å². The molecule has 1 aliphatic carbocycles. The van der Waals surface area contributed by atoms with Crippen molar-refractivity contribution in [2.45, 2.75) is 43.8 Å². The van der Waals surface area contributed by atoms with E-state index in [-0.39, 0.29) is 5.91 Å². The minimum absolute atomic E-state index is 0.0128. The van der Waals surface area contributed by atoms with Gasteiger partial charge in [-0.05, 0) is 31.0 Å². The smallest absolute Gasteiger partial charge is 0.225 e. The highest BCUT2D eigenvalue weighted by Crippen LogP contribution is 2.30. The number of nitrogens with one attached hydrogen (secondary N) is 1. The van der Waals surface area contributed by atoms with Crippen LogP contribution in [0.3, 0.4) is 0 Å². The third-order valence-electron chi connectivity index (χ3n) is 3.67. The number of anilines is 1. The van der Waals surface area contributed by atoms with Gasteiger partial charge in [-0.25, -0.2) is 0 Å². The zero-order valence-electron chi connectivity index (χ0n) is 12.4. The maximum Gasteiger partial charge on any atom is 0.225 e. The van der Waals surface area contributed by atoms with Crippen molar-refractivity contribution in [3.05, 3.63) is 23.2 Å². The summed E-state index contributed by atoms with van der Waals surface area (Å²) in [6, 6.07) is 5.22. The fraction of sp³-hybridized carbons (Fsp3) is 0.562. The van der Waals surface area contributed by atoms with Crippen molar-refractivity contribution >= 4 is 35.0 Å². The lowest BCUT2D eigenvalue weighted by Crippen LogP contribution is -2.15. The average Bonchev–Trinajstić information content (AvgIpc) is 2.48. The molecule has 5 heteroatoms. The molecule has 1 saturated carbocycles. The largest absolute Gasteiger partial charge is 0.495 e. The molecule has 0 heterocycles. The molecule has 0 aliphatic heterocycles. The number of carbonyl (C=O) groups is 1. The van der Waals surface area contributed by atoms with Crippen LogP contribution < -0.4 is 10.1 Å². The van der Waals surface area contributed by atoms with E-state index >= 15 is 0 Å². The van der Waals surface area contributed by atoms with Gasteiger partial charge >= 0.3 is 0 Å². The number of rotatable bonds is 6. The van der Waals surface area contributed by atoms with Gasteiger partial charge in [-0.2, -0.15) is 11.8 Å². The van der Waals surface area contributed by atoms with E-state index in [1.807, 2.05) is 11.8 Å². The third-order valence-corrected chi connectivity index (χ3v) is 5.29. The van der Waals surface area contributed by atoms with Gasteiger partial charge in [-0.3, -0.25) is 4.79 Å². The monoisotopic (exact) mass is 327 g/mol. The number of amides is 1. The zero-order valence-corrected chi connectivity index (χ0v) is 13.9. The van der Waals surface area contributed by atoms with Gasteiger partial charge in [0.15, 0.2) is 0 Å². The Hall–Kier alpha value is -0.870. The molecule has 0 unspecified atom stereocenters. The topological polar surface area (TPSA) is 38.3 Å². The number of benzene rings is 1. The van der Waals surface area contributed by atoms with Gasteiger partial charge < -0.3 is 10.1 Å². The Morgan fingerprint density at radius 3 is 2.86 bits per heavy atom. The van der Waals surface area contributed by atoms with Crippen LogP contribution in [0.5, 0.6) is 5.75 Å². The lowest BCUT2D eigenvalue weighted by Gasteiger charge is -2.20. The van der Waals surface area contributed by atoms with Crippen LogP contribution in [-0.4, -0.2) is 24.0 Å². The molecule has 116 valence electrons. The van der Waals surface area contributed by atoms with E-state index in [0.717, 1.165) is 11.0 Å². The van der Waals surface area contributed by atoms with E-state index in [4.69, 9.17) is 16.3 Å². The average molecular weight is 328 g/mol. The SMILES string of the molecule is COc1ccc(Cl)cc1NC(=O)CCSC1CCCCC1. The van der Waals surface area contributed by atoms with Crippen LogP contribution in [0.2, 0.25) is 5.02 Å². The second-order valence-electron chi connectivity index (χ2n) is 5.27. The molecule has 0 spiro atoms. The molecule has 0 saturated heterocycles. The first-order chi connectivity index (χ1) is 10.2. The molecular weight excluding hydrogens is 306 g/mol. The van der Waals surface area contributed by atoms with Gasteiger partial charge in [-0.1, -0.05) is 30.9 Å². The Kier molecular flexibility index (Phi) is 6.71. The van der Waals surface area contributed by atoms with Crippen molar-refractivity contribution in [1.82, 2.24) is 0 Å². The Morgan fingerprint density at radius 1 is 1.38 bits per heavy atom. The van der Waals surface area contributed by atoms with Crippen LogP contribution >= 0.6 is 23.4 Å². The van der Waals surface area contributed by atoms with E-state index < -0.39 is 0 Å². The number of hydrogen-bond acceptors (Lipinski definition) is 3. The van der Waals surface area contributed by atoms with Gasteiger partial charge in [-0.15, -0.1) is 0 Å². The van der Waals surface area contributed by atoms with E-state index in [9.17, 15) is 4.79 Å². The standard InChI is InChI=1S/C16H22ClNO2S/c1-20-15-8-7-12(17)11-14(15)18-16(19)9-10-21-13-5-3-2-4-6-13/h7-8,11,13H,2-6,9-10H2,1H3,(H,18,19). The summed E-state index contributed by atoms with van der Waals surface area (Å²) in [7, 11) is 1.58. The summed E-state index contributed by atoms with van der Waals surface area (Å²) in [6.45, 7) is 0. The number of thioether (sulfide) groups is 1. The fourth-order valence-electron chi connectivity index (χ4n) is 2.54. The number of hydrogen-bond donors (Lipinski definition) is 1. The van der Waals surface area contributed by atoms with Gasteiger partial charge in [0.2, 0.25) is 5.91 Å². The van der Waals surface area contributed by atoms with Crippen molar-refractivity contribution in [3.63, 3.8) is 0 Å². The maximum absolute atomic E-state index is 12.0. The van der Waals surface area contributed by atoms with Crippen molar-refractivity contribution in [1.29, 1.82) is 0 Å². The van der Waals surface area contributed by atoms with Gasteiger partial charge in [0.25, 0.3) is 0 Å². The first-order valence-corrected chi connectivity index (χ1v) is 8.86. The second-order valence-corrected chi connectivity index (χ2v) is 7.12. The molecule has 1 aliphatic rings. The molecule has 2 rings (SSSR count). The molecular formula is C16H22ClNO2S. The molecule has 0 aromatic heterocycles. The zero-order chi connectivity index (χ0) is 15.1. The van der Waals surface area contributed by atoms with E-state index in [1.165, 1.54) is 32.1 Å². The molecule has 1 N–H and O–H groups in total. The maximum atomic E-state index is 12.0. The fourth-order valence-corrected chi connectivity index (χ4v) is 4.02. The Morgan fingerprint density at radius 2 is 2.14 bits per heavy atom. The molecule has 1 aromatic rings. The van der Waals surface area contributed by atoms with Crippen molar-refractivity contribution in [2.75, 3.05) is 18.2 Å². The first-order valence-electron chi connectivity index (χ1n) is 7.44. The van der Waals surface area contributed by atoms with Crippen LogP contribution in [0.4, 0.5) is 5.69 Å². The molecule has 3 nitrogen and oxygen atoms in total. The van der Waals surface area contributed by atoms with E-state index in [0.29, 0.717) is 22.9 Å². The van der Waals surface area contributed by atoms with Gasteiger partial charge in [0, 0.05) is 22.4 Å². The van der Waals surface area contributed by atoms with Gasteiger partial charge in [0.05, 0.1) is 12.8 Å². The Bertz CT molecular complexity index is 475. The van der Waals surface area contributed by atoms with Crippen molar-refractivity contribution < 1.29 is 9.53 Å². The van der Waals surface area contributed by atoms with Crippen LogP contribution in [-0.2, 0) is 4.79 Å². The highest BCUT2D eigenvalue weighted by Gasteiger charge is 2.14. The highest BCUT2D eigenvalue weighted by molar-refractivity contribution is 7.99. The van der Waals surface area contributed by atoms with Gasteiger partial charge in [0.1, 0.15) is 5.75 Å². The number of carbonyl (C=O) groups excluding carboxylic acids is 1. The number of ether oxygens (including phenoxy) is 1. The summed E-state index contributed by atoms with van der Waals surface area (Å²) in [6.07, 6.45) is 7.17. The van der Waals surface area contributed by atoms with Crippen LogP contribution in [0.25, 0.3) is 0 Å². The quantitative estimate of drug-likeness (QED) is 0.819. The first kappa shape index (κ1) is 16.5. The minimum Gasteiger partial charge on any atom is -0.495 e. The lowest BCUT2D eigenvalue weighted by atomic mass is 10.0. The van der Waals surface area contributed by atoms with E-state index in [1.54, 1.807) is 25.3 Å². The van der Waals surface area contributed by atoms with Crippen molar-refractivity contribution in [2.24, 2.45) is 0 Å². The minimum atomic E-state index is 0.0128. The Balaban J connectivity index is 1.77. The van der Waals surface area contributed by atoms with Crippen LogP contribution in [0, 0.1) is 0 Å². The summed E-state index contributed by atoms with van der Waals surface area (Å²) in [5.41, 5.74) is 0.637. The lowest BCUT2D eigenvalue weighted by molar-refractivity contribution is -0.115. The van der Waals surface area contributed by atoms with Crippen LogP contribution in [0.1, 0.15) is 38.5 Å². The predicted molar refractivity (Wildman–Crippen MR) is 90.6 cm³/mol. The molecule has 0 radical (unpaired) electrons. The number of methoxy groups -OCH3 is 1. The molecule has 21 heavy (non-hydrogen) atoms. The second kappa shape index (κ2) is 8.54.